The third-order valence-corrected chi connectivity index (χ3v) is 6.71. The molecule has 3 aromatic carbocycles. The summed E-state index contributed by atoms with van der Waals surface area (Å²) in [5, 5.41) is 10.3. The molecule has 11 heteroatoms. The zero-order valence-electron chi connectivity index (χ0n) is 21.2. The molecule has 0 fully saturated rings. The Balaban J connectivity index is 1.79. The number of benzene rings is 3. The Morgan fingerprint density at radius 1 is 0.921 bits per heavy atom. The number of rotatable bonds is 8. The lowest BCUT2D eigenvalue weighted by molar-refractivity contribution is -0.138. The van der Waals surface area contributed by atoms with Gasteiger partial charge in [0.15, 0.2) is 0 Å². The van der Waals surface area contributed by atoms with Crippen LogP contribution < -0.4 is 9.46 Å². The topological polar surface area (TPSA) is 102 Å². The number of ether oxygens (including phenoxy) is 2. The van der Waals surface area contributed by atoms with Crippen molar-refractivity contribution in [2.24, 2.45) is 0 Å². The minimum absolute atomic E-state index is 0.0286. The molecule has 0 aliphatic rings. The van der Waals surface area contributed by atoms with E-state index in [9.17, 15) is 31.5 Å². The first-order chi connectivity index (χ1) is 17.6. The highest BCUT2D eigenvalue weighted by molar-refractivity contribution is 7.88. The Hall–Kier alpha value is -3.57. The summed E-state index contributed by atoms with van der Waals surface area (Å²) in [5.74, 6) is -2.07. The lowest BCUT2D eigenvalue weighted by Gasteiger charge is -2.22. The SMILES string of the molecule is CNS(=O)(=O)Cc1ccc(-c2ccc(OCc3ccc(C(F)(F)F)c(O)c3C(=O)OC(C)(C)C)cc2)cc1. The van der Waals surface area contributed by atoms with Gasteiger partial charge in [0.2, 0.25) is 10.0 Å². The van der Waals surface area contributed by atoms with Gasteiger partial charge in [-0.2, -0.15) is 13.2 Å². The Morgan fingerprint density at radius 2 is 1.47 bits per heavy atom. The van der Waals surface area contributed by atoms with Crippen LogP contribution >= 0.6 is 0 Å². The molecule has 38 heavy (non-hydrogen) atoms. The number of nitrogens with one attached hydrogen (secondary N) is 1. The maximum Gasteiger partial charge on any atom is 0.419 e. The predicted molar refractivity (Wildman–Crippen MR) is 136 cm³/mol. The molecule has 7 nitrogen and oxygen atoms in total. The van der Waals surface area contributed by atoms with Crippen LogP contribution in [0.15, 0.2) is 60.7 Å². The zero-order chi connectivity index (χ0) is 28.3. The molecular weight excluding hydrogens is 523 g/mol. The van der Waals surface area contributed by atoms with Crippen LogP contribution in [-0.4, -0.2) is 32.1 Å². The number of hydrogen-bond donors (Lipinski definition) is 2. The number of halogens is 3. The molecule has 2 N–H and O–H groups in total. The van der Waals surface area contributed by atoms with E-state index in [0.29, 0.717) is 17.4 Å². The fraction of sp³-hybridized carbons (Fsp3) is 0.296. The summed E-state index contributed by atoms with van der Waals surface area (Å²) < 4.78 is 76.6. The highest BCUT2D eigenvalue weighted by Crippen LogP contribution is 2.39. The van der Waals surface area contributed by atoms with Crippen LogP contribution in [0.2, 0.25) is 0 Å². The summed E-state index contributed by atoms with van der Waals surface area (Å²) in [6.45, 7) is 4.38. The summed E-state index contributed by atoms with van der Waals surface area (Å²) in [6.07, 6.45) is -4.87. The van der Waals surface area contributed by atoms with Crippen LogP contribution in [0, 0.1) is 0 Å². The van der Waals surface area contributed by atoms with Crippen molar-refractivity contribution in [1.29, 1.82) is 0 Å². The number of phenolic OH excluding ortho intramolecular Hbond substituents is 1. The third kappa shape index (κ3) is 7.48. The van der Waals surface area contributed by atoms with E-state index in [-0.39, 0.29) is 17.9 Å². The second-order valence-corrected chi connectivity index (χ2v) is 11.4. The Kier molecular flexibility index (Phi) is 8.42. The van der Waals surface area contributed by atoms with Crippen LogP contribution in [0.25, 0.3) is 11.1 Å². The summed E-state index contributed by atoms with van der Waals surface area (Å²) in [7, 11) is -2.03. The monoisotopic (exact) mass is 551 g/mol. The maximum absolute atomic E-state index is 13.3. The van der Waals surface area contributed by atoms with E-state index < -0.39 is 44.6 Å². The molecule has 0 radical (unpaired) electrons. The van der Waals surface area contributed by atoms with Gasteiger partial charge in [-0.3, -0.25) is 0 Å². The minimum atomic E-state index is -4.87. The molecule has 0 atom stereocenters. The molecule has 3 aromatic rings. The van der Waals surface area contributed by atoms with Gasteiger partial charge in [-0.1, -0.05) is 42.5 Å². The van der Waals surface area contributed by atoms with Crippen molar-refractivity contribution in [2.75, 3.05) is 7.05 Å². The molecule has 0 saturated carbocycles. The fourth-order valence-electron chi connectivity index (χ4n) is 3.53. The molecule has 0 bridgehead atoms. The van der Waals surface area contributed by atoms with Gasteiger partial charge in [0.05, 0.1) is 11.3 Å². The highest BCUT2D eigenvalue weighted by atomic mass is 32.2. The van der Waals surface area contributed by atoms with Crippen molar-refractivity contribution in [3.63, 3.8) is 0 Å². The van der Waals surface area contributed by atoms with Crippen molar-refractivity contribution >= 4 is 16.0 Å². The van der Waals surface area contributed by atoms with Crippen molar-refractivity contribution in [3.8, 4) is 22.6 Å². The van der Waals surface area contributed by atoms with Crippen molar-refractivity contribution in [2.45, 2.75) is 44.9 Å². The smallest absolute Gasteiger partial charge is 0.419 e. The Bertz CT molecular complexity index is 1390. The number of sulfonamides is 1. The summed E-state index contributed by atoms with van der Waals surface area (Å²) in [5.41, 5.74) is -0.633. The average Bonchev–Trinajstić information content (AvgIpc) is 2.81. The van der Waals surface area contributed by atoms with Gasteiger partial charge in [-0.15, -0.1) is 0 Å². The molecule has 0 aromatic heterocycles. The highest BCUT2D eigenvalue weighted by Gasteiger charge is 2.37. The summed E-state index contributed by atoms with van der Waals surface area (Å²) >= 11 is 0. The van der Waals surface area contributed by atoms with Gasteiger partial charge in [0.25, 0.3) is 0 Å². The first-order valence-electron chi connectivity index (χ1n) is 11.5. The molecule has 0 spiro atoms. The minimum Gasteiger partial charge on any atom is -0.506 e. The van der Waals surface area contributed by atoms with Crippen molar-refractivity contribution in [3.05, 3.63) is 82.9 Å². The lowest BCUT2D eigenvalue weighted by Crippen LogP contribution is -2.25. The van der Waals surface area contributed by atoms with E-state index in [4.69, 9.17) is 9.47 Å². The normalized spacial score (nSPS) is 12.3. The van der Waals surface area contributed by atoms with Gasteiger partial charge in [-0.25, -0.2) is 17.9 Å². The largest absolute Gasteiger partial charge is 0.506 e. The quantitative estimate of drug-likeness (QED) is 0.350. The molecule has 0 aliphatic carbocycles. The first kappa shape index (κ1) is 29.0. The molecule has 204 valence electrons. The third-order valence-electron chi connectivity index (χ3n) is 5.38. The maximum atomic E-state index is 13.3. The standard InChI is InChI=1S/C27H28F3NO6S/c1-26(2,3)37-25(33)23-20(11-14-22(24(23)32)27(28,29)30)15-36-21-12-9-19(10-13-21)18-7-5-17(6-8-18)16-38(34,35)31-4/h5-14,31-32H,15-16H2,1-4H3. The van der Waals surface area contributed by atoms with E-state index in [1.165, 1.54) is 7.05 Å². The van der Waals surface area contributed by atoms with Crippen LogP contribution in [-0.2, 0) is 33.3 Å². The van der Waals surface area contributed by atoms with E-state index in [0.717, 1.165) is 17.2 Å². The number of aromatic hydroxyl groups is 1. The zero-order valence-corrected chi connectivity index (χ0v) is 22.0. The number of esters is 1. The Morgan fingerprint density at radius 3 is 1.97 bits per heavy atom. The first-order valence-corrected chi connectivity index (χ1v) is 13.1. The average molecular weight is 552 g/mol. The molecule has 0 aliphatic heterocycles. The molecule has 0 heterocycles. The van der Waals surface area contributed by atoms with Crippen molar-refractivity contribution < 1.29 is 41.0 Å². The van der Waals surface area contributed by atoms with E-state index in [1.54, 1.807) is 69.3 Å². The number of carbonyl (C=O) groups excluding carboxylic acids is 1. The van der Waals surface area contributed by atoms with Crippen molar-refractivity contribution in [1.82, 2.24) is 4.72 Å². The Labute approximate surface area is 219 Å². The second-order valence-electron chi connectivity index (χ2n) is 9.47. The van der Waals surface area contributed by atoms with Crippen LogP contribution in [0.3, 0.4) is 0 Å². The summed E-state index contributed by atoms with van der Waals surface area (Å²) in [6, 6.07) is 15.6. The van der Waals surface area contributed by atoms with E-state index in [1.807, 2.05) is 0 Å². The number of hydrogen-bond acceptors (Lipinski definition) is 6. The van der Waals surface area contributed by atoms with Gasteiger partial charge in [-0.05, 0) is 62.7 Å². The molecule has 3 rings (SSSR count). The summed E-state index contributed by atoms with van der Waals surface area (Å²) in [4.78, 5) is 12.7. The van der Waals surface area contributed by atoms with Crippen LogP contribution in [0.1, 0.15) is 47.8 Å². The number of carbonyl (C=O) groups is 1. The molecule has 0 saturated heterocycles. The van der Waals surface area contributed by atoms with Gasteiger partial charge in [0.1, 0.15) is 29.3 Å². The number of phenols is 1. The van der Waals surface area contributed by atoms with Crippen LogP contribution in [0.4, 0.5) is 13.2 Å². The molecular formula is C27H28F3NO6S. The predicted octanol–water partition coefficient (Wildman–Crippen LogP) is 5.66. The molecule has 0 amide bonds. The van der Waals surface area contributed by atoms with Crippen LogP contribution in [0.5, 0.6) is 11.5 Å². The van der Waals surface area contributed by atoms with E-state index in [2.05, 4.69) is 4.72 Å². The lowest BCUT2D eigenvalue weighted by atomic mass is 10.0. The van der Waals surface area contributed by atoms with E-state index >= 15 is 0 Å². The number of alkyl halides is 3. The second kappa shape index (κ2) is 11.0. The van der Waals surface area contributed by atoms with Gasteiger partial charge < -0.3 is 14.6 Å². The fourth-order valence-corrected chi connectivity index (χ4v) is 4.30. The van der Waals surface area contributed by atoms with Gasteiger partial charge in [0, 0.05) is 5.56 Å². The van der Waals surface area contributed by atoms with Gasteiger partial charge >= 0.3 is 12.1 Å². The molecule has 0 unspecified atom stereocenters.